The Bertz CT molecular complexity index is 1530. The fourth-order valence-electron chi connectivity index (χ4n) is 10.2. The summed E-state index contributed by atoms with van der Waals surface area (Å²) >= 11 is 0. The van der Waals surface area contributed by atoms with Gasteiger partial charge in [-0.05, 0) is 96.3 Å². The lowest BCUT2D eigenvalue weighted by molar-refractivity contribution is -0.167. The van der Waals surface area contributed by atoms with Gasteiger partial charge in [-0.2, -0.15) is 0 Å². The second-order valence-electron chi connectivity index (χ2n) is 23.4. The molecule has 0 aliphatic carbocycles. The summed E-state index contributed by atoms with van der Waals surface area (Å²) < 4.78 is 17.0. The number of hydrogen-bond donors (Lipinski definition) is 0. The number of hydrogen-bond acceptors (Lipinski definition) is 6. The highest BCUT2D eigenvalue weighted by molar-refractivity contribution is 5.71. The van der Waals surface area contributed by atoms with Crippen molar-refractivity contribution in [2.45, 2.75) is 361 Å². The van der Waals surface area contributed by atoms with Crippen LogP contribution in [0.1, 0.15) is 355 Å². The minimum atomic E-state index is -0.789. The summed E-state index contributed by atoms with van der Waals surface area (Å²) in [6.07, 6.45) is 91.7. The fourth-order valence-corrected chi connectivity index (χ4v) is 10.2. The van der Waals surface area contributed by atoms with Gasteiger partial charge in [0.25, 0.3) is 0 Å². The van der Waals surface area contributed by atoms with Gasteiger partial charge in [-0.15, -0.1) is 0 Å². The van der Waals surface area contributed by atoms with Crippen LogP contribution in [-0.2, 0) is 28.6 Å². The van der Waals surface area contributed by atoms with Crippen LogP contribution in [0.2, 0.25) is 0 Å². The molecule has 0 saturated heterocycles. The molecule has 0 aromatic heterocycles. The monoisotopic (exact) mass is 1130 g/mol. The maximum Gasteiger partial charge on any atom is 0.306 e. The van der Waals surface area contributed by atoms with E-state index in [1.807, 2.05) is 0 Å². The van der Waals surface area contributed by atoms with Gasteiger partial charge in [-0.3, -0.25) is 14.4 Å². The van der Waals surface area contributed by atoms with E-state index in [1.165, 1.54) is 199 Å². The van der Waals surface area contributed by atoms with Crippen molar-refractivity contribution in [3.63, 3.8) is 0 Å². The lowest BCUT2D eigenvalue weighted by Crippen LogP contribution is -2.30. The molecule has 1 unspecified atom stereocenters. The van der Waals surface area contributed by atoms with Gasteiger partial charge < -0.3 is 14.2 Å². The smallest absolute Gasteiger partial charge is 0.306 e. The Labute approximate surface area is 503 Å². The lowest BCUT2D eigenvalue weighted by Gasteiger charge is -2.18. The normalized spacial score (nSPS) is 12.6. The molecule has 0 heterocycles. The van der Waals surface area contributed by atoms with Crippen molar-refractivity contribution in [3.05, 3.63) is 85.1 Å². The molecule has 6 heteroatoms. The second-order valence-corrected chi connectivity index (χ2v) is 23.4. The molecule has 0 aliphatic rings. The number of carbonyl (C=O) groups excluding carboxylic acids is 3. The molecule has 0 N–H and O–H groups in total. The van der Waals surface area contributed by atoms with E-state index in [0.717, 1.165) is 116 Å². The molecular formula is C75H132O6. The summed E-state index contributed by atoms with van der Waals surface area (Å²) in [5.41, 5.74) is 0. The van der Waals surface area contributed by atoms with Gasteiger partial charge in [0.15, 0.2) is 6.10 Å². The summed E-state index contributed by atoms with van der Waals surface area (Å²) in [5, 5.41) is 0. The van der Waals surface area contributed by atoms with Gasteiger partial charge in [-0.25, -0.2) is 0 Å². The summed E-state index contributed by atoms with van der Waals surface area (Å²) in [7, 11) is 0. The zero-order valence-electron chi connectivity index (χ0n) is 53.8. The van der Waals surface area contributed by atoms with Gasteiger partial charge in [0.2, 0.25) is 0 Å². The van der Waals surface area contributed by atoms with Crippen LogP contribution in [0.3, 0.4) is 0 Å². The van der Waals surface area contributed by atoms with Crippen LogP contribution in [0.15, 0.2) is 85.1 Å². The van der Waals surface area contributed by atoms with Crippen molar-refractivity contribution in [1.29, 1.82) is 0 Å². The molecule has 0 rings (SSSR count). The third-order valence-corrected chi connectivity index (χ3v) is 15.4. The van der Waals surface area contributed by atoms with Crippen molar-refractivity contribution in [1.82, 2.24) is 0 Å². The number of unbranched alkanes of at least 4 members (excludes halogenated alkanes) is 39. The molecule has 0 spiro atoms. The van der Waals surface area contributed by atoms with E-state index in [2.05, 4.69) is 106 Å². The molecule has 0 fully saturated rings. The standard InChI is InChI=1S/C75H132O6/c1-4-7-10-13-16-19-22-25-28-31-34-36-37-39-41-44-47-50-53-56-59-62-65-68-74(77)80-71-72(70-79-73(76)67-64-61-58-55-52-49-46-43-40-33-30-27-24-21-18-15-12-9-6-3)81-75(78)69-66-63-60-57-54-51-48-45-42-38-35-32-29-26-23-20-17-14-11-8-5-2/h8,11,17,20,22,25-26,29,31,34-35,38,45,48,72H,4-7,9-10,12-16,18-19,21,23-24,27-28,30,32-33,36-37,39-44,46-47,49-71H2,1-3H3/b11-8-,20-17-,25-22-,29-26-,34-31-,38-35-,48-45-. The van der Waals surface area contributed by atoms with E-state index >= 15 is 0 Å². The van der Waals surface area contributed by atoms with Crippen LogP contribution in [0.5, 0.6) is 0 Å². The number of rotatable bonds is 64. The number of esters is 3. The van der Waals surface area contributed by atoms with E-state index in [-0.39, 0.29) is 31.1 Å². The predicted octanol–water partition coefficient (Wildman–Crippen LogP) is 24.2. The second kappa shape index (κ2) is 69.1. The highest BCUT2D eigenvalue weighted by Gasteiger charge is 2.19. The first-order valence-corrected chi connectivity index (χ1v) is 35.1. The van der Waals surface area contributed by atoms with Crippen LogP contribution < -0.4 is 0 Å². The van der Waals surface area contributed by atoms with Crippen LogP contribution in [-0.4, -0.2) is 37.2 Å². The van der Waals surface area contributed by atoms with E-state index in [9.17, 15) is 14.4 Å². The third-order valence-electron chi connectivity index (χ3n) is 15.4. The molecule has 0 radical (unpaired) electrons. The Kier molecular flexibility index (Phi) is 66.2. The average Bonchev–Trinajstić information content (AvgIpc) is 3.47. The summed E-state index contributed by atoms with van der Waals surface area (Å²) in [6.45, 7) is 6.56. The lowest BCUT2D eigenvalue weighted by atomic mass is 10.0. The van der Waals surface area contributed by atoms with Gasteiger partial charge >= 0.3 is 17.9 Å². The summed E-state index contributed by atoms with van der Waals surface area (Å²) in [4.78, 5) is 38.5. The number of carbonyl (C=O) groups is 3. The van der Waals surface area contributed by atoms with E-state index in [4.69, 9.17) is 14.2 Å². The molecule has 0 amide bonds. The quantitative estimate of drug-likeness (QED) is 0.0261. The summed E-state index contributed by atoms with van der Waals surface area (Å²) in [5.74, 6) is -0.883. The number of allylic oxidation sites excluding steroid dienone is 14. The van der Waals surface area contributed by atoms with Crippen LogP contribution in [0.4, 0.5) is 0 Å². The van der Waals surface area contributed by atoms with Crippen molar-refractivity contribution < 1.29 is 28.6 Å². The first kappa shape index (κ1) is 77.6. The maximum atomic E-state index is 13.0. The number of ether oxygens (including phenoxy) is 3. The van der Waals surface area contributed by atoms with Gasteiger partial charge in [0.05, 0.1) is 0 Å². The first-order valence-electron chi connectivity index (χ1n) is 35.1. The van der Waals surface area contributed by atoms with Crippen molar-refractivity contribution in [3.8, 4) is 0 Å². The Balaban J connectivity index is 4.39. The Morgan fingerprint density at radius 3 is 0.753 bits per heavy atom. The van der Waals surface area contributed by atoms with Crippen molar-refractivity contribution >= 4 is 17.9 Å². The highest BCUT2D eigenvalue weighted by Crippen LogP contribution is 2.17. The molecule has 468 valence electrons. The third kappa shape index (κ3) is 67.3. The maximum absolute atomic E-state index is 13.0. The minimum Gasteiger partial charge on any atom is -0.462 e. The average molecular weight is 1130 g/mol. The predicted molar refractivity (Wildman–Crippen MR) is 353 cm³/mol. The Hall–Kier alpha value is -3.41. The van der Waals surface area contributed by atoms with Gasteiger partial charge in [0, 0.05) is 19.3 Å². The largest absolute Gasteiger partial charge is 0.462 e. The SMILES string of the molecule is CC/C=C\C/C=C\C/C=C\C/C=C\C/C=C\CCCCCCCC(=O)OC(COC(=O)CCCCCCCCCCCCC/C=C\C/C=C\CCCCCCC)COC(=O)CCCCCCCCCCCCCCCCCCCCC. The molecule has 1 atom stereocenters. The Morgan fingerprint density at radius 2 is 0.481 bits per heavy atom. The van der Waals surface area contributed by atoms with E-state index in [1.54, 1.807) is 0 Å². The van der Waals surface area contributed by atoms with Crippen molar-refractivity contribution in [2.75, 3.05) is 13.2 Å². The van der Waals surface area contributed by atoms with E-state index < -0.39 is 6.10 Å². The van der Waals surface area contributed by atoms with Crippen LogP contribution in [0.25, 0.3) is 0 Å². The summed E-state index contributed by atoms with van der Waals surface area (Å²) in [6, 6.07) is 0. The topological polar surface area (TPSA) is 78.9 Å². The molecule has 0 aliphatic heterocycles. The molecule has 81 heavy (non-hydrogen) atoms. The molecule has 0 bridgehead atoms. The van der Waals surface area contributed by atoms with Crippen LogP contribution in [0, 0.1) is 0 Å². The first-order chi connectivity index (χ1) is 40.0. The zero-order chi connectivity index (χ0) is 58.5. The molecule has 0 aromatic carbocycles. The van der Waals surface area contributed by atoms with Gasteiger partial charge in [-0.1, -0.05) is 324 Å². The van der Waals surface area contributed by atoms with Crippen LogP contribution >= 0.6 is 0 Å². The van der Waals surface area contributed by atoms with Gasteiger partial charge in [0.1, 0.15) is 13.2 Å². The highest BCUT2D eigenvalue weighted by atomic mass is 16.6. The fraction of sp³-hybridized carbons (Fsp3) is 0.773. The minimum absolute atomic E-state index is 0.0818. The molecule has 0 saturated carbocycles. The molecule has 6 nitrogen and oxygen atoms in total. The van der Waals surface area contributed by atoms with Crippen molar-refractivity contribution in [2.24, 2.45) is 0 Å². The van der Waals surface area contributed by atoms with E-state index in [0.29, 0.717) is 19.3 Å². The molecule has 0 aromatic rings. The molecular weight excluding hydrogens is 997 g/mol. The zero-order valence-corrected chi connectivity index (χ0v) is 53.8. The Morgan fingerprint density at radius 1 is 0.259 bits per heavy atom.